The molecular weight excluding hydrogens is 424 g/mol. The van der Waals surface area contributed by atoms with E-state index in [4.69, 9.17) is 4.74 Å². The molecule has 2 amide bonds. The second kappa shape index (κ2) is 13.4. The first-order valence-corrected chi connectivity index (χ1v) is 12.0. The van der Waals surface area contributed by atoms with E-state index in [0.717, 1.165) is 11.3 Å². The van der Waals surface area contributed by atoms with Gasteiger partial charge in [-0.2, -0.15) is 11.8 Å². The largest absolute Gasteiger partial charge is 0.463 e. The standard InChI is InChI=1S/C25H30N2O4S/c1-4-19(25(30)31-5-2)17-18-11-13-21(14-12-18)26-24(29)22(15-16-32-3)27-23(28)20-9-7-6-8-10-20/h6-14,17,22H,4-5,15-16H2,1-3H3,(H,26,29)(H,27,28). The van der Waals surface area contributed by atoms with Gasteiger partial charge in [-0.3, -0.25) is 9.59 Å². The Balaban J connectivity index is 2.07. The second-order valence-corrected chi connectivity index (χ2v) is 8.01. The molecule has 0 saturated heterocycles. The number of carbonyl (C=O) groups excluding carboxylic acids is 3. The Morgan fingerprint density at radius 3 is 2.31 bits per heavy atom. The van der Waals surface area contributed by atoms with Gasteiger partial charge in [0, 0.05) is 16.8 Å². The molecule has 0 spiro atoms. The van der Waals surface area contributed by atoms with Crippen LogP contribution in [0.15, 0.2) is 60.2 Å². The summed E-state index contributed by atoms with van der Waals surface area (Å²) in [5, 5.41) is 5.70. The number of ether oxygens (including phenoxy) is 1. The van der Waals surface area contributed by atoms with E-state index in [9.17, 15) is 14.4 Å². The number of hydrogen-bond donors (Lipinski definition) is 2. The van der Waals surface area contributed by atoms with Crippen LogP contribution >= 0.6 is 11.8 Å². The highest BCUT2D eigenvalue weighted by Gasteiger charge is 2.21. The van der Waals surface area contributed by atoms with Crippen LogP contribution in [0.25, 0.3) is 6.08 Å². The van der Waals surface area contributed by atoms with Crippen molar-refractivity contribution in [2.75, 3.05) is 23.9 Å². The molecule has 2 N–H and O–H groups in total. The lowest BCUT2D eigenvalue weighted by Gasteiger charge is -2.18. The van der Waals surface area contributed by atoms with Crippen LogP contribution in [0.1, 0.15) is 42.6 Å². The van der Waals surface area contributed by atoms with Crippen LogP contribution in [-0.2, 0) is 14.3 Å². The summed E-state index contributed by atoms with van der Waals surface area (Å²) in [4.78, 5) is 37.3. The molecule has 0 aliphatic carbocycles. The summed E-state index contributed by atoms with van der Waals surface area (Å²) < 4.78 is 5.07. The van der Waals surface area contributed by atoms with Crippen molar-refractivity contribution >= 4 is 41.3 Å². The smallest absolute Gasteiger partial charge is 0.333 e. The highest BCUT2D eigenvalue weighted by molar-refractivity contribution is 7.98. The van der Waals surface area contributed by atoms with E-state index in [1.165, 1.54) is 0 Å². The first kappa shape index (κ1) is 25.2. The number of carbonyl (C=O) groups is 3. The van der Waals surface area contributed by atoms with Gasteiger partial charge in [-0.15, -0.1) is 0 Å². The maximum Gasteiger partial charge on any atom is 0.333 e. The van der Waals surface area contributed by atoms with Gasteiger partial charge in [-0.25, -0.2) is 4.79 Å². The summed E-state index contributed by atoms with van der Waals surface area (Å²) in [5.41, 5.74) is 2.55. The molecule has 0 radical (unpaired) electrons. The Kier molecular flexibility index (Phi) is 10.5. The van der Waals surface area contributed by atoms with Crippen molar-refractivity contribution in [3.63, 3.8) is 0 Å². The van der Waals surface area contributed by atoms with Crippen molar-refractivity contribution in [2.45, 2.75) is 32.7 Å². The van der Waals surface area contributed by atoms with E-state index in [1.807, 2.05) is 31.4 Å². The Morgan fingerprint density at radius 1 is 1.03 bits per heavy atom. The summed E-state index contributed by atoms with van der Waals surface area (Å²) in [6.07, 6.45) is 4.83. The SMILES string of the molecule is CCOC(=O)C(=Cc1ccc(NC(=O)C(CCSC)NC(=O)c2ccccc2)cc1)CC. The van der Waals surface area contributed by atoms with Crippen LogP contribution in [-0.4, -0.2) is 42.4 Å². The molecule has 0 fully saturated rings. The summed E-state index contributed by atoms with van der Waals surface area (Å²) in [6.45, 7) is 4.01. The summed E-state index contributed by atoms with van der Waals surface area (Å²) in [6, 6.07) is 15.4. The molecule has 0 aliphatic rings. The Bertz CT molecular complexity index is 927. The minimum Gasteiger partial charge on any atom is -0.463 e. The van der Waals surface area contributed by atoms with E-state index in [-0.39, 0.29) is 17.8 Å². The van der Waals surface area contributed by atoms with Gasteiger partial charge in [-0.1, -0.05) is 37.3 Å². The number of anilines is 1. The minimum absolute atomic E-state index is 0.271. The van der Waals surface area contributed by atoms with Crippen LogP contribution in [0, 0.1) is 0 Å². The maximum atomic E-state index is 12.8. The van der Waals surface area contributed by atoms with E-state index in [1.54, 1.807) is 61.2 Å². The van der Waals surface area contributed by atoms with E-state index < -0.39 is 6.04 Å². The number of benzene rings is 2. The number of amides is 2. The lowest BCUT2D eigenvalue weighted by Crippen LogP contribution is -2.44. The highest BCUT2D eigenvalue weighted by Crippen LogP contribution is 2.16. The zero-order valence-electron chi connectivity index (χ0n) is 18.7. The molecule has 2 aromatic carbocycles. The molecule has 2 rings (SSSR count). The molecule has 0 aliphatic heterocycles. The number of rotatable bonds is 11. The fourth-order valence-electron chi connectivity index (χ4n) is 2.96. The van der Waals surface area contributed by atoms with E-state index in [2.05, 4.69) is 10.6 Å². The first-order valence-electron chi connectivity index (χ1n) is 10.6. The van der Waals surface area contributed by atoms with Gasteiger partial charge >= 0.3 is 5.97 Å². The molecule has 2 aromatic rings. The molecule has 170 valence electrons. The van der Waals surface area contributed by atoms with Crippen LogP contribution < -0.4 is 10.6 Å². The Labute approximate surface area is 193 Å². The molecule has 0 heterocycles. The van der Waals surface area contributed by atoms with Crippen molar-refractivity contribution < 1.29 is 19.1 Å². The number of nitrogens with one attached hydrogen (secondary N) is 2. The van der Waals surface area contributed by atoms with Crippen molar-refractivity contribution in [1.82, 2.24) is 5.32 Å². The quantitative estimate of drug-likeness (QED) is 0.385. The second-order valence-electron chi connectivity index (χ2n) is 7.03. The molecular formula is C25H30N2O4S. The first-order chi connectivity index (χ1) is 15.5. The number of hydrogen-bond acceptors (Lipinski definition) is 5. The maximum absolute atomic E-state index is 12.8. The average molecular weight is 455 g/mol. The Morgan fingerprint density at radius 2 is 1.72 bits per heavy atom. The zero-order chi connectivity index (χ0) is 23.3. The predicted molar refractivity (Wildman–Crippen MR) is 131 cm³/mol. The van der Waals surface area contributed by atoms with Gasteiger partial charge in [0.2, 0.25) is 5.91 Å². The van der Waals surface area contributed by atoms with Gasteiger partial charge in [0.25, 0.3) is 5.91 Å². The number of esters is 1. The third kappa shape index (κ3) is 7.89. The van der Waals surface area contributed by atoms with Crippen molar-refractivity contribution in [1.29, 1.82) is 0 Å². The summed E-state index contributed by atoms with van der Waals surface area (Å²) >= 11 is 1.62. The van der Waals surface area contributed by atoms with Gasteiger partial charge in [0.15, 0.2) is 0 Å². The summed E-state index contributed by atoms with van der Waals surface area (Å²) in [5.74, 6) is -0.131. The molecule has 6 nitrogen and oxygen atoms in total. The average Bonchev–Trinajstić information content (AvgIpc) is 2.81. The topological polar surface area (TPSA) is 84.5 Å². The van der Waals surface area contributed by atoms with Gasteiger partial charge in [0.05, 0.1) is 6.61 Å². The minimum atomic E-state index is -0.648. The summed E-state index contributed by atoms with van der Waals surface area (Å²) in [7, 11) is 0. The van der Waals surface area contributed by atoms with Gasteiger partial charge in [-0.05, 0) is 67.7 Å². The van der Waals surface area contributed by atoms with Gasteiger partial charge in [0.1, 0.15) is 6.04 Å². The van der Waals surface area contributed by atoms with Gasteiger partial charge < -0.3 is 15.4 Å². The fraction of sp³-hybridized carbons (Fsp3) is 0.320. The molecule has 7 heteroatoms. The third-order valence-corrected chi connectivity index (χ3v) is 5.35. The molecule has 0 aromatic heterocycles. The lowest BCUT2D eigenvalue weighted by molar-refractivity contribution is -0.138. The Hall–Kier alpha value is -3.06. The van der Waals surface area contributed by atoms with Crippen molar-refractivity contribution in [3.05, 3.63) is 71.3 Å². The fourth-order valence-corrected chi connectivity index (χ4v) is 3.43. The van der Waals surface area contributed by atoms with Crippen molar-refractivity contribution in [3.8, 4) is 0 Å². The van der Waals surface area contributed by atoms with Crippen LogP contribution in [0.4, 0.5) is 5.69 Å². The van der Waals surface area contributed by atoms with E-state index in [0.29, 0.717) is 36.3 Å². The molecule has 1 atom stereocenters. The highest BCUT2D eigenvalue weighted by atomic mass is 32.2. The molecule has 0 bridgehead atoms. The zero-order valence-corrected chi connectivity index (χ0v) is 19.5. The number of thioether (sulfide) groups is 1. The van der Waals surface area contributed by atoms with Crippen LogP contribution in [0.2, 0.25) is 0 Å². The third-order valence-electron chi connectivity index (χ3n) is 4.71. The molecule has 1 unspecified atom stereocenters. The molecule has 32 heavy (non-hydrogen) atoms. The van der Waals surface area contributed by atoms with E-state index >= 15 is 0 Å². The normalized spacial score (nSPS) is 12.0. The van der Waals surface area contributed by atoms with Crippen molar-refractivity contribution in [2.24, 2.45) is 0 Å². The predicted octanol–water partition coefficient (Wildman–Crippen LogP) is 4.53. The molecule has 0 saturated carbocycles. The van der Waals surface area contributed by atoms with Crippen LogP contribution in [0.3, 0.4) is 0 Å². The lowest BCUT2D eigenvalue weighted by atomic mass is 10.1. The monoisotopic (exact) mass is 454 g/mol. The van der Waals surface area contributed by atoms with Crippen LogP contribution in [0.5, 0.6) is 0 Å².